The molecule has 0 aliphatic rings. The molecule has 0 spiro atoms. The maximum absolute atomic E-state index is 10.8. The first-order valence-electron chi connectivity index (χ1n) is 7.23. The molecule has 1 aromatic heterocycles. The van der Waals surface area contributed by atoms with Gasteiger partial charge in [-0.2, -0.15) is 0 Å². The van der Waals surface area contributed by atoms with Gasteiger partial charge in [0.15, 0.2) is 5.96 Å². The first kappa shape index (κ1) is 16.9. The van der Waals surface area contributed by atoms with E-state index in [-0.39, 0.29) is 5.69 Å². The van der Waals surface area contributed by atoms with Crippen LogP contribution in [0, 0.1) is 10.1 Å². The Kier molecular flexibility index (Phi) is 6.04. The summed E-state index contributed by atoms with van der Waals surface area (Å²) in [5.41, 5.74) is 0.909. The summed E-state index contributed by atoms with van der Waals surface area (Å²) in [6.07, 6.45) is 2.87. The summed E-state index contributed by atoms with van der Waals surface area (Å²) >= 11 is 1.67. The highest BCUT2D eigenvalue weighted by molar-refractivity contribution is 7.11. The maximum Gasteiger partial charge on any atom is 0.269 e. The van der Waals surface area contributed by atoms with Crippen LogP contribution in [-0.2, 0) is 19.5 Å². The van der Waals surface area contributed by atoms with Crippen LogP contribution in [0.25, 0.3) is 0 Å². The number of rotatable bonds is 6. The Hall–Kier alpha value is -2.48. The van der Waals surface area contributed by atoms with Gasteiger partial charge in [-0.15, -0.1) is 11.3 Å². The van der Waals surface area contributed by atoms with Crippen molar-refractivity contribution < 1.29 is 4.92 Å². The minimum atomic E-state index is -0.398. The van der Waals surface area contributed by atoms with Gasteiger partial charge in [0, 0.05) is 36.8 Å². The number of nitro benzene ring substituents is 1. The molecule has 0 aliphatic carbocycles. The number of aliphatic imine (C=N–C) groups is 1. The number of aromatic nitrogens is 1. The van der Waals surface area contributed by atoms with Crippen molar-refractivity contribution in [2.45, 2.75) is 26.4 Å². The molecule has 0 unspecified atom stereocenters. The second-order valence-electron chi connectivity index (χ2n) is 4.78. The fourth-order valence-corrected chi connectivity index (χ4v) is 2.74. The van der Waals surface area contributed by atoms with E-state index in [1.807, 2.05) is 12.3 Å². The Labute approximate surface area is 138 Å². The summed E-state index contributed by atoms with van der Waals surface area (Å²) in [6, 6.07) is 6.54. The van der Waals surface area contributed by atoms with Crippen molar-refractivity contribution in [2.24, 2.45) is 4.99 Å². The highest BCUT2D eigenvalue weighted by Gasteiger charge is 2.06. The van der Waals surface area contributed by atoms with E-state index >= 15 is 0 Å². The molecular weight excluding hydrogens is 314 g/mol. The Morgan fingerprint density at radius 3 is 2.83 bits per heavy atom. The smallest absolute Gasteiger partial charge is 0.269 e. The summed E-state index contributed by atoms with van der Waals surface area (Å²) in [4.78, 5) is 20.1. The average molecular weight is 333 g/mol. The molecule has 7 nitrogen and oxygen atoms in total. The zero-order valence-electron chi connectivity index (χ0n) is 13.1. The number of nitrogens with one attached hydrogen (secondary N) is 2. The first-order valence-corrected chi connectivity index (χ1v) is 8.05. The van der Waals surface area contributed by atoms with Gasteiger partial charge in [0.2, 0.25) is 0 Å². The van der Waals surface area contributed by atoms with E-state index in [4.69, 9.17) is 0 Å². The average Bonchev–Trinajstić information content (AvgIpc) is 3.03. The summed E-state index contributed by atoms with van der Waals surface area (Å²) in [7, 11) is 1.68. The summed E-state index contributed by atoms with van der Waals surface area (Å²) in [6.45, 7) is 3.16. The number of guanidine groups is 1. The predicted octanol–water partition coefficient (Wildman–Crippen LogP) is 2.48. The Bertz CT molecular complexity index is 699. The number of aryl methyl sites for hydroxylation is 1. The Morgan fingerprint density at radius 2 is 2.17 bits per heavy atom. The summed E-state index contributed by atoms with van der Waals surface area (Å²) < 4.78 is 0. The van der Waals surface area contributed by atoms with Gasteiger partial charge in [-0.1, -0.05) is 19.1 Å². The van der Waals surface area contributed by atoms with Crippen LogP contribution in [0.2, 0.25) is 0 Å². The van der Waals surface area contributed by atoms with Crippen LogP contribution in [0.3, 0.4) is 0 Å². The SMILES string of the molecule is CCc1cnc(CNC(=NC)NCc2cccc([N+](=O)[O-])c2)s1. The lowest BCUT2D eigenvalue weighted by Gasteiger charge is -2.10. The molecule has 2 rings (SSSR count). The molecule has 0 radical (unpaired) electrons. The van der Waals surface area contributed by atoms with E-state index in [0.717, 1.165) is 17.0 Å². The Balaban J connectivity index is 1.87. The van der Waals surface area contributed by atoms with E-state index in [1.54, 1.807) is 30.5 Å². The molecule has 23 heavy (non-hydrogen) atoms. The van der Waals surface area contributed by atoms with E-state index in [1.165, 1.54) is 10.9 Å². The lowest BCUT2D eigenvalue weighted by molar-refractivity contribution is -0.384. The summed E-state index contributed by atoms with van der Waals surface area (Å²) in [5.74, 6) is 0.629. The highest BCUT2D eigenvalue weighted by atomic mass is 32.1. The van der Waals surface area contributed by atoms with Crippen LogP contribution in [0.5, 0.6) is 0 Å². The molecule has 122 valence electrons. The quantitative estimate of drug-likeness (QED) is 0.367. The van der Waals surface area contributed by atoms with Gasteiger partial charge in [-0.3, -0.25) is 15.1 Å². The standard InChI is InChI=1S/C15H19N5O2S/c1-3-13-9-17-14(23-13)10-19-15(16-2)18-8-11-5-4-6-12(7-11)20(21)22/h4-7,9H,3,8,10H2,1-2H3,(H2,16,18,19). The third kappa shape index (κ3) is 5.03. The third-order valence-corrected chi connectivity index (χ3v) is 4.30. The third-order valence-electron chi connectivity index (χ3n) is 3.16. The van der Waals surface area contributed by atoms with Crippen molar-refractivity contribution in [1.29, 1.82) is 0 Å². The fraction of sp³-hybridized carbons (Fsp3) is 0.333. The molecule has 0 atom stereocenters. The molecule has 8 heteroatoms. The summed E-state index contributed by atoms with van der Waals surface area (Å²) in [5, 5.41) is 18.1. The van der Waals surface area contributed by atoms with Gasteiger partial charge >= 0.3 is 0 Å². The number of hydrogen-bond acceptors (Lipinski definition) is 5. The molecule has 1 aromatic carbocycles. The van der Waals surface area contributed by atoms with Gasteiger partial charge in [0.1, 0.15) is 5.01 Å². The van der Waals surface area contributed by atoms with Crippen LogP contribution in [-0.4, -0.2) is 22.9 Å². The molecule has 2 aromatic rings. The number of nitrogens with zero attached hydrogens (tertiary/aromatic N) is 3. The van der Waals surface area contributed by atoms with E-state index in [9.17, 15) is 10.1 Å². The lowest BCUT2D eigenvalue weighted by Crippen LogP contribution is -2.36. The second-order valence-corrected chi connectivity index (χ2v) is 5.98. The van der Waals surface area contributed by atoms with Crippen molar-refractivity contribution in [2.75, 3.05) is 7.05 Å². The fourth-order valence-electron chi connectivity index (χ4n) is 1.94. The lowest BCUT2D eigenvalue weighted by atomic mass is 10.2. The number of thiazole rings is 1. The Morgan fingerprint density at radius 1 is 1.39 bits per heavy atom. The molecule has 0 fully saturated rings. The monoisotopic (exact) mass is 333 g/mol. The largest absolute Gasteiger partial charge is 0.352 e. The normalized spacial score (nSPS) is 11.3. The first-order chi connectivity index (χ1) is 11.1. The molecule has 0 aliphatic heterocycles. The predicted molar refractivity (Wildman–Crippen MR) is 91.6 cm³/mol. The minimum absolute atomic E-state index is 0.0853. The van der Waals surface area contributed by atoms with Gasteiger partial charge in [-0.25, -0.2) is 4.98 Å². The van der Waals surface area contributed by atoms with Crippen molar-refractivity contribution in [1.82, 2.24) is 15.6 Å². The van der Waals surface area contributed by atoms with Crippen LogP contribution in [0.1, 0.15) is 22.4 Å². The van der Waals surface area contributed by atoms with E-state index < -0.39 is 4.92 Å². The topological polar surface area (TPSA) is 92.5 Å². The van der Waals surface area contributed by atoms with Gasteiger partial charge in [0.05, 0.1) is 11.5 Å². The van der Waals surface area contributed by atoms with Crippen molar-refractivity contribution in [3.05, 3.63) is 56.0 Å². The second kappa shape index (κ2) is 8.23. The molecule has 2 N–H and O–H groups in total. The zero-order valence-corrected chi connectivity index (χ0v) is 13.9. The van der Waals surface area contributed by atoms with E-state index in [2.05, 4.69) is 27.5 Å². The van der Waals surface area contributed by atoms with Crippen molar-refractivity contribution >= 4 is 23.0 Å². The molecule has 1 heterocycles. The van der Waals surface area contributed by atoms with Crippen LogP contribution in [0.4, 0.5) is 5.69 Å². The van der Waals surface area contributed by atoms with Gasteiger partial charge in [0.25, 0.3) is 5.69 Å². The molecule has 0 saturated heterocycles. The molecule has 0 bridgehead atoms. The highest BCUT2D eigenvalue weighted by Crippen LogP contribution is 2.13. The van der Waals surface area contributed by atoms with Crippen LogP contribution < -0.4 is 10.6 Å². The van der Waals surface area contributed by atoms with Crippen molar-refractivity contribution in [3.63, 3.8) is 0 Å². The van der Waals surface area contributed by atoms with Gasteiger partial charge < -0.3 is 10.6 Å². The van der Waals surface area contributed by atoms with E-state index in [0.29, 0.717) is 19.0 Å². The number of benzene rings is 1. The van der Waals surface area contributed by atoms with Gasteiger partial charge in [-0.05, 0) is 12.0 Å². The number of nitro groups is 1. The maximum atomic E-state index is 10.8. The molecule has 0 amide bonds. The van der Waals surface area contributed by atoms with Crippen molar-refractivity contribution in [3.8, 4) is 0 Å². The zero-order chi connectivity index (χ0) is 16.7. The number of non-ortho nitro benzene ring substituents is 1. The minimum Gasteiger partial charge on any atom is -0.352 e. The van der Waals surface area contributed by atoms with Crippen LogP contribution >= 0.6 is 11.3 Å². The van der Waals surface area contributed by atoms with Crippen LogP contribution in [0.15, 0.2) is 35.5 Å². The molecule has 0 saturated carbocycles. The number of hydrogen-bond donors (Lipinski definition) is 2. The molecular formula is C15H19N5O2S.